The Morgan fingerprint density at radius 1 is 0.388 bits per heavy atom. The van der Waals surface area contributed by atoms with Crippen molar-refractivity contribution in [1.82, 2.24) is 0 Å². The van der Waals surface area contributed by atoms with Gasteiger partial charge in [-0.2, -0.15) is 0 Å². The SMILES string of the molecule is CCC1OC(CC)C2C3OC(CC3C(CC(=O)O)OC(C)=O)C12.CCC1OC(CC)C2C3OC(CC3CC(=O)O)C12.CCC1OC(CC)C2C3OC(CC3CC(C)(O)CC(=O)O)C12.CCC1OC(CC)C2C3OC(CC3CC(O)CC(=O)O)C12.CCC1OC(CC)C2C3OC(CC3CCC(=O)O)C12. The van der Waals surface area contributed by atoms with Gasteiger partial charge in [-0.1, -0.05) is 69.2 Å². The number of fused-ring (bicyclic) bond motifs is 25. The van der Waals surface area contributed by atoms with Crippen molar-refractivity contribution in [2.24, 2.45) is 88.8 Å². The van der Waals surface area contributed by atoms with E-state index in [-0.39, 0.29) is 141 Å². The van der Waals surface area contributed by atoms with Crippen molar-refractivity contribution in [3.63, 3.8) is 0 Å². The summed E-state index contributed by atoms with van der Waals surface area (Å²) in [6.07, 6.45) is 19.5. The number of aliphatic hydroxyl groups excluding tert-OH is 1. The summed E-state index contributed by atoms with van der Waals surface area (Å²) in [7, 11) is 0. The van der Waals surface area contributed by atoms with E-state index in [0.717, 1.165) is 103 Å². The van der Waals surface area contributed by atoms with Gasteiger partial charge in [-0.05, 0) is 146 Å². The summed E-state index contributed by atoms with van der Waals surface area (Å²) >= 11 is 0. The summed E-state index contributed by atoms with van der Waals surface area (Å²) < 4.78 is 67.1. The molecule has 38 atom stereocenters. The van der Waals surface area contributed by atoms with Gasteiger partial charge in [-0.15, -0.1) is 0 Å². The van der Waals surface area contributed by atoms with Gasteiger partial charge in [0.1, 0.15) is 6.10 Å². The Hall–Kier alpha value is -3.66. The van der Waals surface area contributed by atoms with Crippen LogP contribution in [0.5, 0.6) is 0 Å². The van der Waals surface area contributed by atoms with Gasteiger partial charge in [-0.3, -0.25) is 28.8 Å². The predicted octanol–water partition coefficient (Wildman–Crippen LogP) is 10.6. The molecule has 15 fully saturated rings. The van der Waals surface area contributed by atoms with Gasteiger partial charge < -0.3 is 87.9 Å². The van der Waals surface area contributed by atoms with Crippen LogP contribution in [0.4, 0.5) is 0 Å². The molecule has 24 heteroatoms. The summed E-state index contributed by atoms with van der Waals surface area (Å²) in [6.45, 7) is 24.5. The molecule has 7 N–H and O–H groups in total. The van der Waals surface area contributed by atoms with E-state index in [2.05, 4.69) is 69.2 Å². The van der Waals surface area contributed by atoms with E-state index in [9.17, 15) is 39.0 Å². The van der Waals surface area contributed by atoms with Crippen molar-refractivity contribution in [3.8, 4) is 0 Å². The first kappa shape index (κ1) is 80.4. The molecule has 0 saturated carbocycles. The van der Waals surface area contributed by atoms with Gasteiger partial charge in [0, 0.05) is 78.4 Å². The molecule has 0 spiro atoms. The molecule has 0 aromatic heterocycles. The van der Waals surface area contributed by atoms with Crippen LogP contribution in [0.15, 0.2) is 0 Å². The lowest BCUT2D eigenvalue weighted by Gasteiger charge is -2.34. The Kier molecular flexibility index (Phi) is 26.6. The molecule has 10 bridgehead atoms. The Labute approximate surface area is 609 Å². The average Bonchev–Trinajstić information content (AvgIpc) is 1.60. The molecule has 0 aliphatic carbocycles. The Balaban J connectivity index is 0.000000129. The summed E-state index contributed by atoms with van der Waals surface area (Å²) in [6, 6.07) is 0. The molecule has 0 amide bonds. The van der Waals surface area contributed by atoms with Crippen molar-refractivity contribution < 1.29 is 117 Å². The second-order valence-electron chi connectivity index (χ2n) is 33.5. The molecule has 15 aliphatic rings. The van der Waals surface area contributed by atoms with Crippen molar-refractivity contribution >= 4 is 35.8 Å². The number of esters is 1. The number of hydrogen-bond acceptors (Lipinski definition) is 19. The molecule has 15 aliphatic heterocycles. The Bertz CT molecular complexity index is 2860. The minimum absolute atomic E-state index is 0.0468. The molecule has 586 valence electrons. The van der Waals surface area contributed by atoms with Crippen LogP contribution in [0.2, 0.25) is 0 Å². The summed E-state index contributed by atoms with van der Waals surface area (Å²) in [5, 5.41) is 64.9. The third kappa shape index (κ3) is 16.5. The number of rotatable bonds is 27. The molecule has 0 aromatic carbocycles. The van der Waals surface area contributed by atoms with Gasteiger partial charge in [0.2, 0.25) is 0 Å². The number of carboxylic acids is 5. The molecule has 24 nitrogen and oxygen atoms in total. The predicted molar refractivity (Wildman–Crippen MR) is 372 cm³/mol. The zero-order chi connectivity index (χ0) is 74.4. The van der Waals surface area contributed by atoms with Gasteiger partial charge in [0.25, 0.3) is 0 Å². The second kappa shape index (κ2) is 34.1. The van der Waals surface area contributed by atoms with E-state index in [1.54, 1.807) is 6.92 Å². The maximum absolute atomic E-state index is 11.4. The van der Waals surface area contributed by atoms with E-state index in [1.807, 2.05) is 0 Å². The number of ether oxygens (including phenoxy) is 11. The van der Waals surface area contributed by atoms with Crippen molar-refractivity contribution in [2.45, 2.75) is 371 Å². The standard InChI is InChI=1S/C17H26O6.C17H28O5.C16H26O5.C15H24O4.C14H22O4/c1-4-10-15-13-6-9(12(7-14(19)20)21-8(3)18)17(23-13)16(15)11(5-2)22-10;1-4-10-14-12-6-9(7-17(3,20)8-13(18)19)16(22-12)15(14)11(5-2)21-10;1-3-10-14-12-6-8(5-9(17)7-13(18)19)16(21-12)15(14)11(4-2)20-10;1-3-9-13-11-7-8(5-6-12(16)17)15(19-11)14(13)10(4-2)18-9;1-3-8-12-10-5-7(6-11(15)16)14(18-10)13(12)9(4-2)17-8/h9-13,15-17H,4-7H2,1-3H3,(H,19,20);9-12,14-16,20H,4-8H2,1-3H3,(H,18,19);8-12,14-17H,3-7H2,1-2H3,(H,18,19);8-11,13-15H,3-7H2,1-2H3,(H,16,17);7-10,12-14H,3-6H2,1-2H3,(H,15,16). The van der Waals surface area contributed by atoms with E-state index in [4.69, 9.17) is 77.6 Å². The topological polar surface area (TPSA) is 346 Å². The van der Waals surface area contributed by atoms with Gasteiger partial charge in [-0.25, -0.2) is 0 Å². The van der Waals surface area contributed by atoms with Gasteiger partial charge in [0.05, 0.1) is 159 Å². The Morgan fingerprint density at radius 3 is 1.07 bits per heavy atom. The first-order chi connectivity index (χ1) is 49.2. The van der Waals surface area contributed by atoms with Crippen LogP contribution in [0.3, 0.4) is 0 Å². The third-order valence-electron chi connectivity index (χ3n) is 27.5. The van der Waals surface area contributed by atoms with Gasteiger partial charge >= 0.3 is 35.8 Å². The number of aliphatic carboxylic acids is 5. The van der Waals surface area contributed by atoms with Crippen LogP contribution in [-0.4, -0.2) is 211 Å². The average molecular weight is 1460 g/mol. The van der Waals surface area contributed by atoms with Crippen LogP contribution >= 0.6 is 0 Å². The zero-order valence-corrected chi connectivity index (χ0v) is 63.2. The lowest BCUT2D eigenvalue weighted by atomic mass is 9.68. The molecule has 0 aromatic rings. The van der Waals surface area contributed by atoms with Crippen molar-refractivity contribution in [2.75, 3.05) is 0 Å². The highest BCUT2D eigenvalue weighted by molar-refractivity contribution is 5.70. The van der Waals surface area contributed by atoms with Crippen LogP contribution < -0.4 is 0 Å². The minimum Gasteiger partial charge on any atom is -0.481 e. The monoisotopic (exact) mass is 1460 g/mol. The van der Waals surface area contributed by atoms with E-state index < -0.39 is 53.6 Å². The maximum atomic E-state index is 11.4. The van der Waals surface area contributed by atoms with Crippen LogP contribution in [-0.2, 0) is 80.9 Å². The minimum atomic E-state index is -1.16. The van der Waals surface area contributed by atoms with E-state index in [1.165, 1.54) is 6.92 Å². The number of carbonyl (C=O) groups is 6. The number of carbonyl (C=O) groups excluding carboxylic acids is 1. The van der Waals surface area contributed by atoms with Crippen molar-refractivity contribution in [3.05, 3.63) is 0 Å². The summed E-state index contributed by atoms with van der Waals surface area (Å²) in [4.78, 5) is 65.8. The highest BCUT2D eigenvalue weighted by atomic mass is 16.6. The highest BCUT2D eigenvalue weighted by Gasteiger charge is 2.68. The number of aliphatic hydroxyl groups is 2. The van der Waals surface area contributed by atoms with E-state index >= 15 is 0 Å². The number of hydrogen-bond donors (Lipinski definition) is 7. The van der Waals surface area contributed by atoms with Crippen LogP contribution in [0.1, 0.15) is 231 Å². The van der Waals surface area contributed by atoms with Crippen molar-refractivity contribution in [1.29, 1.82) is 0 Å². The molecule has 38 unspecified atom stereocenters. The fraction of sp³-hybridized carbons (Fsp3) is 0.924. The zero-order valence-electron chi connectivity index (χ0n) is 63.2. The quantitative estimate of drug-likeness (QED) is 0.0376. The van der Waals surface area contributed by atoms with Crippen LogP contribution in [0, 0.1) is 88.8 Å². The summed E-state index contributed by atoms with van der Waals surface area (Å²) in [5.41, 5.74) is -1.16. The first-order valence-corrected chi connectivity index (χ1v) is 40.4. The lowest BCUT2D eigenvalue weighted by Crippen LogP contribution is -2.43. The van der Waals surface area contributed by atoms with Crippen LogP contribution in [0.25, 0.3) is 0 Å². The molecule has 103 heavy (non-hydrogen) atoms. The maximum Gasteiger partial charge on any atom is 0.307 e. The Morgan fingerprint density at radius 2 is 0.709 bits per heavy atom. The fourth-order valence-corrected chi connectivity index (χ4v) is 24.1. The fourth-order valence-electron chi connectivity index (χ4n) is 24.1. The normalized spacial score (nSPS) is 46.0. The molecule has 15 saturated heterocycles. The molecule has 0 radical (unpaired) electrons. The highest BCUT2D eigenvalue weighted by Crippen LogP contribution is 2.61. The second-order valence-corrected chi connectivity index (χ2v) is 33.5. The molecular weight excluding hydrogens is 1330 g/mol. The smallest absolute Gasteiger partial charge is 0.307 e. The van der Waals surface area contributed by atoms with Gasteiger partial charge in [0.15, 0.2) is 0 Å². The third-order valence-corrected chi connectivity index (χ3v) is 27.5. The largest absolute Gasteiger partial charge is 0.481 e. The number of carboxylic acid groups (broad SMARTS) is 5. The molecule has 15 heterocycles. The molecule has 15 rings (SSSR count). The first-order valence-electron chi connectivity index (χ1n) is 40.4. The summed E-state index contributed by atoms with van der Waals surface area (Å²) in [5.74, 6) is 0.958. The van der Waals surface area contributed by atoms with E-state index in [0.29, 0.717) is 115 Å². The molecular formula is C79H126O24. The lowest BCUT2D eigenvalue weighted by molar-refractivity contribution is -0.156.